The van der Waals surface area contributed by atoms with Crippen LogP contribution < -0.4 is 11.1 Å². The van der Waals surface area contributed by atoms with Gasteiger partial charge in [0.05, 0.1) is 24.1 Å². The number of aromatic nitrogens is 4. The summed E-state index contributed by atoms with van der Waals surface area (Å²) in [5, 5.41) is 3.87. The van der Waals surface area contributed by atoms with E-state index < -0.39 is 0 Å². The topological polar surface area (TPSA) is 98.7 Å². The van der Waals surface area contributed by atoms with Crippen molar-refractivity contribution in [1.29, 1.82) is 0 Å². The number of rotatable bonds is 5. The highest BCUT2D eigenvalue weighted by molar-refractivity contribution is 7.21. The molecule has 0 aliphatic heterocycles. The van der Waals surface area contributed by atoms with Crippen LogP contribution in [0.5, 0.6) is 0 Å². The number of carbonyl (C=O) groups is 1. The van der Waals surface area contributed by atoms with Gasteiger partial charge in [-0.15, -0.1) is 0 Å². The van der Waals surface area contributed by atoms with Crippen LogP contribution in [0.25, 0.3) is 32.0 Å². The monoisotopic (exact) mass is 380 g/mol. The second kappa shape index (κ2) is 7.05. The summed E-state index contributed by atoms with van der Waals surface area (Å²) in [6.07, 6.45) is 3.89. The standard InChI is InChI=1S/C19H20N6OS/c1-11(23-15(26)6-7-20)12-4-3-5-13(8-12)18-24-16-17-14(22-10-25(17)2)9-21-19(16)27-18/h3-5,8-11H,6-7,20H2,1-2H3,(H,23,26)/t11-/m0/s1. The Morgan fingerprint density at radius 2 is 2.22 bits per heavy atom. The summed E-state index contributed by atoms with van der Waals surface area (Å²) in [5.41, 5.74) is 10.2. The van der Waals surface area contributed by atoms with Crippen molar-refractivity contribution in [2.45, 2.75) is 19.4 Å². The van der Waals surface area contributed by atoms with E-state index in [0.29, 0.717) is 13.0 Å². The molecule has 3 heterocycles. The van der Waals surface area contributed by atoms with E-state index in [0.717, 1.165) is 37.5 Å². The van der Waals surface area contributed by atoms with Gasteiger partial charge in [0, 0.05) is 25.6 Å². The number of aryl methyl sites for hydroxylation is 1. The van der Waals surface area contributed by atoms with Gasteiger partial charge in [0.2, 0.25) is 5.91 Å². The summed E-state index contributed by atoms with van der Waals surface area (Å²) in [6.45, 7) is 2.31. The van der Waals surface area contributed by atoms with Gasteiger partial charge in [-0.05, 0) is 18.6 Å². The number of thiazole rings is 1. The third-order valence-corrected chi connectivity index (χ3v) is 5.50. The Morgan fingerprint density at radius 3 is 3.04 bits per heavy atom. The number of nitrogens with one attached hydrogen (secondary N) is 1. The quantitative estimate of drug-likeness (QED) is 0.555. The van der Waals surface area contributed by atoms with Gasteiger partial charge in [-0.1, -0.05) is 29.5 Å². The second-order valence-electron chi connectivity index (χ2n) is 6.47. The van der Waals surface area contributed by atoms with Gasteiger partial charge in [-0.25, -0.2) is 15.0 Å². The zero-order valence-electron chi connectivity index (χ0n) is 15.1. The molecule has 4 rings (SSSR count). The lowest BCUT2D eigenvalue weighted by Gasteiger charge is -2.14. The minimum Gasteiger partial charge on any atom is -0.350 e. The molecule has 4 aromatic rings. The van der Waals surface area contributed by atoms with E-state index in [9.17, 15) is 4.79 Å². The molecule has 1 aromatic carbocycles. The molecule has 138 valence electrons. The van der Waals surface area contributed by atoms with Crippen LogP contribution in [0.2, 0.25) is 0 Å². The number of carbonyl (C=O) groups excluding carboxylic acids is 1. The number of nitrogens with two attached hydrogens (primary N) is 1. The first-order valence-electron chi connectivity index (χ1n) is 8.73. The number of hydrogen-bond donors (Lipinski definition) is 2. The van der Waals surface area contributed by atoms with Crippen LogP contribution >= 0.6 is 11.3 Å². The van der Waals surface area contributed by atoms with Gasteiger partial charge in [0.1, 0.15) is 20.9 Å². The van der Waals surface area contributed by atoms with Crippen LogP contribution in [-0.2, 0) is 11.8 Å². The Balaban J connectivity index is 1.70. The fourth-order valence-corrected chi connectivity index (χ4v) is 4.01. The lowest BCUT2D eigenvalue weighted by atomic mass is 10.1. The third-order valence-electron chi connectivity index (χ3n) is 4.49. The maximum absolute atomic E-state index is 11.8. The summed E-state index contributed by atoms with van der Waals surface area (Å²) in [5.74, 6) is -0.0433. The largest absolute Gasteiger partial charge is 0.350 e. The van der Waals surface area contributed by atoms with Crippen LogP contribution in [0, 0.1) is 0 Å². The van der Waals surface area contributed by atoms with Crippen LogP contribution in [0.15, 0.2) is 36.8 Å². The van der Waals surface area contributed by atoms with Crippen LogP contribution in [0.3, 0.4) is 0 Å². The molecule has 0 fully saturated rings. The second-order valence-corrected chi connectivity index (χ2v) is 7.45. The molecule has 8 heteroatoms. The Labute approximate surface area is 160 Å². The average Bonchev–Trinajstić information content (AvgIpc) is 3.25. The summed E-state index contributed by atoms with van der Waals surface area (Å²) < 4.78 is 1.97. The van der Waals surface area contributed by atoms with E-state index in [-0.39, 0.29) is 11.9 Å². The molecule has 0 bridgehead atoms. The molecule has 1 atom stereocenters. The first-order chi connectivity index (χ1) is 13.1. The molecule has 3 aromatic heterocycles. The Kier molecular flexibility index (Phi) is 4.59. The van der Waals surface area contributed by atoms with E-state index in [1.54, 1.807) is 23.9 Å². The van der Waals surface area contributed by atoms with Crippen LogP contribution in [0.1, 0.15) is 24.9 Å². The SMILES string of the molecule is C[C@H](NC(=O)CCN)c1cccc(-c2nc3c(ncc4ncn(C)c43)s2)c1. The van der Waals surface area contributed by atoms with Crippen molar-refractivity contribution in [2.24, 2.45) is 12.8 Å². The van der Waals surface area contributed by atoms with Crippen molar-refractivity contribution < 1.29 is 4.79 Å². The third kappa shape index (κ3) is 3.29. The van der Waals surface area contributed by atoms with Gasteiger partial charge in [-0.2, -0.15) is 0 Å². The number of benzene rings is 1. The van der Waals surface area contributed by atoms with Crippen molar-refractivity contribution in [2.75, 3.05) is 6.54 Å². The fraction of sp³-hybridized carbons (Fsp3) is 0.263. The minimum atomic E-state index is -0.0970. The maximum Gasteiger partial charge on any atom is 0.221 e. The molecule has 3 N–H and O–H groups in total. The summed E-state index contributed by atoms with van der Waals surface area (Å²) in [6, 6.07) is 7.97. The number of hydrogen-bond acceptors (Lipinski definition) is 6. The number of amides is 1. The van der Waals surface area contributed by atoms with Gasteiger partial charge in [0.25, 0.3) is 0 Å². The fourth-order valence-electron chi connectivity index (χ4n) is 3.10. The van der Waals surface area contributed by atoms with E-state index >= 15 is 0 Å². The smallest absolute Gasteiger partial charge is 0.221 e. The van der Waals surface area contributed by atoms with E-state index in [4.69, 9.17) is 10.7 Å². The summed E-state index contributed by atoms with van der Waals surface area (Å²) in [4.78, 5) is 26.4. The van der Waals surface area contributed by atoms with Crippen molar-refractivity contribution in [3.05, 3.63) is 42.4 Å². The van der Waals surface area contributed by atoms with Crippen LogP contribution in [0.4, 0.5) is 0 Å². The molecule has 0 saturated carbocycles. The predicted molar refractivity (Wildman–Crippen MR) is 107 cm³/mol. The van der Waals surface area contributed by atoms with Crippen LogP contribution in [-0.4, -0.2) is 32.0 Å². The normalized spacial score (nSPS) is 12.6. The Bertz CT molecular complexity index is 1130. The highest BCUT2D eigenvalue weighted by Crippen LogP contribution is 2.33. The summed E-state index contributed by atoms with van der Waals surface area (Å²) in [7, 11) is 1.96. The first-order valence-corrected chi connectivity index (χ1v) is 9.55. The number of imidazole rings is 1. The van der Waals surface area contributed by atoms with Gasteiger partial charge < -0.3 is 15.6 Å². The Hall–Kier alpha value is -2.84. The van der Waals surface area contributed by atoms with E-state index in [2.05, 4.69) is 21.4 Å². The summed E-state index contributed by atoms with van der Waals surface area (Å²) >= 11 is 1.55. The number of nitrogens with zero attached hydrogens (tertiary/aromatic N) is 4. The van der Waals surface area contributed by atoms with Crippen molar-refractivity contribution >= 4 is 38.6 Å². The lowest BCUT2D eigenvalue weighted by Crippen LogP contribution is -2.28. The molecule has 0 radical (unpaired) electrons. The molecule has 0 saturated heterocycles. The van der Waals surface area contributed by atoms with Crippen molar-refractivity contribution in [1.82, 2.24) is 24.8 Å². The zero-order valence-corrected chi connectivity index (χ0v) is 16.0. The zero-order chi connectivity index (χ0) is 19.0. The molecule has 0 aliphatic rings. The van der Waals surface area contributed by atoms with Gasteiger partial charge >= 0.3 is 0 Å². The molecule has 7 nitrogen and oxygen atoms in total. The average molecular weight is 380 g/mol. The van der Waals surface area contributed by atoms with E-state index in [1.165, 1.54) is 0 Å². The Morgan fingerprint density at radius 1 is 1.37 bits per heavy atom. The minimum absolute atomic E-state index is 0.0433. The maximum atomic E-state index is 11.8. The molecule has 0 spiro atoms. The van der Waals surface area contributed by atoms with Crippen molar-refractivity contribution in [3.8, 4) is 10.6 Å². The highest BCUT2D eigenvalue weighted by atomic mass is 32.1. The highest BCUT2D eigenvalue weighted by Gasteiger charge is 2.15. The first kappa shape index (κ1) is 17.6. The molecule has 1 amide bonds. The number of fused-ring (bicyclic) bond motifs is 3. The predicted octanol–water partition coefficient (Wildman–Crippen LogP) is 2.77. The van der Waals surface area contributed by atoms with Crippen molar-refractivity contribution in [3.63, 3.8) is 0 Å². The van der Waals surface area contributed by atoms with E-state index in [1.807, 2.05) is 36.7 Å². The molecule has 0 aliphatic carbocycles. The number of pyridine rings is 1. The van der Waals surface area contributed by atoms with Gasteiger partial charge in [-0.3, -0.25) is 4.79 Å². The molecule has 0 unspecified atom stereocenters. The molecular weight excluding hydrogens is 360 g/mol. The van der Waals surface area contributed by atoms with Gasteiger partial charge in [0.15, 0.2) is 0 Å². The molecule has 27 heavy (non-hydrogen) atoms. The molecular formula is C19H20N6OS. The lowest BCUT2D eigenvalue weighted by molar-refractivity contribution is -0.121.